The summed E-state index contributed by atoms with van der Waals surface area (Å²) in [4.78, 5) is 0. The van der Waals surface area contributed by atoms with Crippen molar-refractivity contribution in [1.82, 2.24) is 10.0 Å². The molecule has 1 aromatic rings. The first-order valence-electron chi connectivity index (χ1n) is 4.95. The molecule has 0 bridgehead atoms. The van der Waals surface area contributed by atoms with E-state index in [9.17, 15) is 16.8 Å². The molecule has 0 radical (unpaired) electrons. The van der Waals surface area contributed by atoms with Crippen molar-refractivity contribution in [2.24, 2.45) is 5.14 Å². The van der Waals surface area contributed by atoms with Crippen LogP contribution in [0.1, 0.15) is 5.76 Å². The van der Waals surface area contributed by atoms with Crippen LogP contribution in [0.15, 0.2) is 21.6 Å². The number of hydrogen-bond acceptors (Lipinski definition) is 6. The molecule has 1 heterocycles. The van der Waals surface area contributed by atoms with Gasteiger partial charge >= 0.3 is 0 Å². The lowest BCUT2D eigenvalue weighted by atomic mass is 10.4. The van der Waals surface area contributed by atoms with E-state index in [1.807, 2.05) is 0 Å². The molecule has 0 aliphatic rings. The first-order valence-corrected chi connectivity index (χ1v) is 8.39. The van der Waals surface area contributed by atoms with Crippen LogP contribution >= 0.6 is 0 Å². The number of hydrogen-bond donors (Lipinski definition) is 3. The van der Waals surface area contributed by atoms with Gasteiger partial charge < -0.3 is 9.73 Å². The second-order valence-corrected chi connectivity index (χ2v) is 6.93. The van der Waals surface area contributed by atoms with Gasteiger partial charge in [-0.2, -0.15) is 0 Å². The maximum absolute atomic E-state index is 10.9. The molecule has 1 rings (SSSR count). The van der Waals surface area contributed by atoms with Crippen molar-refractivity contribution in [2.75, 3.05) is 19.3 Å². The summed E-state index contributed by atoms with van der Waals surface area (Å²) in [5.41, 5.74) is 0. The Bertz CT molecular complexity index is 590. The van der Waals surface area contributed by atoms with E-state index in [1.54, 1.807) is 0 Å². The van der Waals surface area contributed by atoms with Crippen molar-refractivity contribution >= 4 is 20.0 Å². The Morgan fingerprint density at radius 3 is 2.39 bits per heavy atom. The lowest BCUT2D eigenvalue weighted by Crippen LogP contribution is -2.30. The highest BCUT2D eigenvalue weighted by Crippen LogP contribution is 2.11. The molecule has 0 unspecified atom stereocenters. The van der Waals surface area contributed by atoms with Gasteiger partial charge in [0, 0.05) is 13.1 Å². The number of sulfonamides is 2. The fourth-order valence-corrected chi connectivity index (χ4v) is 2.10. The third kappa shape index (κ3) is 5.60. The van der Waals surface area contributed by atoms with Crippen LogP contribution in [0.3, 0.4) is 0 Å². The Kier molecular flexibility index (Phi) is 4.87. The average Bonchev–Trinajstić information content (AvgIpc) is 2.63. The molecule has 0 saturated carbocycles. The summed E-state index contributed by atoms with van der Waals surface area (Å²) in [5, 5.41) is 7.46. The Morgan fingerprint density at radius 2 is 1.89 bits per heavy atom. The molecule has 0 atom stereocenters. The van der Waals surface area contributed by atoms with Gasteiger partial charge in [0.2, 0.25) is 15.1 Å². The van der Waals surface area contributed by atoms with Gasteiger partial charge in [-0.05, 0) is 12.1 Å². The molecule has 0 fully saturated rings. The minimum Gasteiger partial charge on any atom is -0.447 e. The predicted molar refractivity (Wildman–Crippen MR) is 64.6 cm³/mol. The SMILES string of the molecule is CS(=O)(=O)NCCNCc1ccc(S(N)(=O)=O)o1. The van der Waals surface area contributed by atoms with Crippen molar-refractivity contribution in [3.63, 3.8) is 0 Å². The molecule has 0 aliphatic heterocycles. The predicted octanol–water partition coefficient (Wildman–Crippen LogP) is -1.43. The number of primary sulfonamides is 1. The Labute approximate surface area is 106 Å². The molecule has 10 heteroatoms. The summed E-state index contributed by atoms with van der Waals surface area (Å²) < 4.78 is 50.6. The fraction of sp³-hybridized carbons (Fsp3) is 0.500. The molecule has 0 spiro atoms. The van der Waals surface area contributed by atoms with Gasteiger partial charge in [-0.15, -0.1) is 0 Å². The van der Waals surface area contributed by atoms with Gasteiger partial charge in [0.05, 0.1) is 12.8 Å². The quantitative estimate of drug-likeness (QED) is 0.528. The Hall–Kier alpha value is -0.940. The Balaban J connectivity index is 2.35. The summed E-state index contributed by atoms with van der Waals surface area (Å²) in [6, 6.07) is 2.75. The van der Waals surface area contributed by atoms with Crippen LogP contribution in [0.5, 0.6) is 0 Å². The summed E-state index contributed by atoms with van der Waals surface area (Å²) >= 11 is 0. The van der Waals surface area contributed by atoms with Crippen LogP contribution in [0.4, 0.5) is 0 Å². The lowest BCUT2D eigenvalue weighted by molar-refractivity contribution is 0.403. The summed E-state index contributed by atoms with van der Waals surface area (Å²) in [5.74, 6) is 0.401. The molecule has 0 amide bonds. The topological polar surface area (TPSA) is 132 Å². The van der Waals surface area contributed by atoms with Crippen molar-refractivity contribution in [3.05, 3.63) is 17.9 Å². The van der Waals surface area contributed by atoms with E-state index in [1.165, 1.54) is 12.1 Å². The molecule has 8 nitrogen and oxygen atoms in total. The standard InChI is InChI=1S/C8H15N3O5S2/c1-17(12,13)11-5-4-10-6-7-2-3-8(16-7)18(9,14)15/h2-3,10-11H,4-6H2,1H3,(H2,9,14,15). The largest absolute Gasteiger partial charge is 0.447 e. The van der Waals surface area contributed by atoms with Gasteiger partial charge in [-0.3, -0.25) is 0 Å². The fourth-order valence-electron chi connectivity index (χ4n) is 1.14. The van der Waals surface area contributed by atoms with E-state index in [0.29, 0.717) is 12.3 Å². The zero-order valence-electron chi connectivity index (χ0n) is 9.71. The monoisotopic (exact) mass is 297 g/mol. The highest BCUT2D eigenvalue weighted by atomic mass is 32.2. The molecular weight excluding hydrogens is 282 g/mol. The molecule has 0 aromatic carbocycles. The van der Waals surface area contributed by atoms with E-state index < -0.39 is 20.0 Å². The van der Waals surface area contributed by atoms with Gasteiger partial charge in [-0.1, -0.05) is 0 Å². The van der Waals surface area contributed by atoms with E-state index >= 15 is 0 Å². The van der Waals surface area contributed by atoms with Crippen molar-refractivity contribution in [1.29, 1.82) is 0 Å². The van der Waals surface area contributed by atoms with E-state index in [0.717, 1.165) is 6.26 Å². The third-order valence-electron chi connectivity index (χ3n) is 1.88. The number of nitrogens with two attached hydrogens (primary N) is 1. The number of rotatable bonds is 7. The maximum atomic E-state index is 10.9. The first kappa shape index (κ1) is 15.1. The van der Waals surface area contributed by atoms with Crippen LogP contribution in [0, 0.1) is 0 Å². The smallest absolute Gasteiger partial charge is 0.271 e. The van der Waals surface area contributed by atoms with E-state index in [2.05, 4.69) is 10.0 Å². The highest BCUT2D eigenvalue weighted by molar-refractivity contribution is 7.89. The van der Waals surface area contributed by atoms with Crippen LogP contribution in [0.2, 0.25) is 0 Å². The average molecular weight is 297 g/mol. The van der Waals surface area contributed by atoms with Crippen molar-refractivity contribution < 1.29 is 21.3 Å². The van der Waals surface area contributed by atoms with Gasteiger partial charge in [0.15, 0.2) is 0 Å². The van der Waals surface area contributed by atoms with Crippen molar-refractivity contribution in [2.45, 2.75) is 11.6 Å². The second-order valence-electron chi connectivity index (χ2n) is 3.61. The summed E-state index contributed by atoms with van der Waals surface area (Å²) in [7, 11) is -7.02. The molecule has 1 aromatic heterocycles. The molecule has 4 N–H and O–H groups in total. The van der Waals surface area contributed by atoms with Crippen LogP contribution in [0.25, 0.3) is 0 Å². The zero-order chi connectivity index (χ0) is 13.8. The van der Waals surface area contributed by atoms with Crippen LogP contribution < -0.4 is 15.2 Å². The van der Waals surface area contributed by atoms with Gasteiger partial charge in [0.1, 0.15) is 5.76 Å². The number of furan rings is 1. The molecular formula is C8H15N3O5S2. The number of nitrogens with one attached hydrogen (secondary N) is 2. The zero-order valence-corrected chi connectivity index (χ0v) is 11.3. The highest BCUT2D eigenvalue weighted by Gasteiger charge is 2.12. The summed E-state index contributed by atoms with van der Waals surface area (Å²) in [6.45, 7) is 0.904. The van der Waals surface area contributed by atoms with E-state index in [-0.39, 0.29) is 18.2 Å². The Morgan fingerprint density at radius 1 is 1.22 bits per heavy atom. The lowest BCUT2D eigenvalue weighted by Gasteiger charge is -2.03. The first-order chi connectivity index (χ1) is 8.18. The molecule has 0 aliphatic carbocycles. The molecule has 104 valence electrons. The van der Waals surface area contributed by atoms with E-state index in [4.69, 9.17) is 9.56 Å². The minimum atomic E-state index is -3.82. The minimum absolute atomic E-state index is 0.238. The maximum Gasteiger partial charge on any atom is 0.271 e. The van der Waals surface area contributed by atoms with Gasteiger partial charge in [0.25, 0.3) is 10.0 Å². The normalized spacial score (nSPS) is 12.8. The van der Waals surface area contributed by atoms with Gasteiger partial charge in [-0.25, -0.2) is 26.7 Å². The van der Waals surface area contributed by atoms with Crippen LogP contribution in [-0.2, 0) is 26.6 Å². The second kappa shape index (κ2) is 5.80. The van der Waals surface area contributed by atoms with Crippen LogP contribution in [-0.4, -0.2) is 36.2 Å². The van der Waals surface area contributed by atoms with Crippen molar-refractivity contribution in [3.8, 4) is 0 Å². The summed E-state index contributed by atoms with van der Waals surface area (Å²) in [6.07, 6.45) is 1.07. The molecule has 18 heavy (non-hydrogen) atoms. The molecule has 0 saturated heterocycles. The third-order valence-corrected chi connectivity index (χ3v) is 3.39.